The van der Waals surface area contributed by atoms with Crippen LogP contribution in [0.2, 0.25) is 0 Å². The largest absolute Gasteiger partial charge is 0.357 e. The molecule has 2 aromatic rings. The van der Waals surface area contributed by atoms with Crippen molar-refractivity contribution in [2.75, 3.05) is 0 Å². The van der Waals surface area contributed by atoms with E-state index in [-0.39, 0.29) is 24.8 Å². The SMILES string of the molecule is Cl.Cl.NCc1cc2cnccc2[nH]1. The van der Waals surface area contributed by atoms with Crippen LogP contribution in [0.5, 0.6) is 0 Å². The Bertz CT molecular complexity index is 339. The standard InChI is InChI=1S/C8H9N3.2ClH/c9-4-7-3-6-5-10-2-1-8(6)11-7;;/h1-3,5,11H,4,9H2;2*1H. The second kappa shape index (κ2) is 5.07. The molecule has 0 fully saturated rings. The van der Waals surface area contributed by atoms with Crippen molar-refractivity contribution >= 4 is 35.7 Å². The van der Waals surface area contributed by atoms with Crippen LogP contribution in [-0.2, 0) is 6.54 Å². The second-order valence-electron chi connectivity index (χ2n) is 2.46. The fraction of sp³-hybridized carbons (Fsp3) is 0.125. The van der Waals surface area contributed by atoms with Crippen molar-refractivity contribution in [2.45, 2.75) is 6.54 Å². The maximum atomic E-state index is 5.46. The number of hydrogen-bond acceptors (Lipinski definition) is 2. The average molecular weight is 220 g/mol. The number of nitrogens with zero attached hydrogens (tertiary/aromatic N) is 1. The Morgan fingerprint density at radius 2 is 2.15 bits per heavy atom. The van der Waals surface area contributed by atoms with Crippen LogP contribution in [0.4, 0.5) is 0 Å². The molecule has 2 heterocycles. The van der Waals surface area contributed by atoms with E-state index < -0.39 is 0 Å². The number of aromatic amines is 1. The number of aromatic nitrogens is 2. The van der Waals surface area contributed by atoms with Gasteiger partial charge in [0.15, 0.2) is 0 Å². The van der Waals surface area contributed by atoms with Crippen molar-refractivity contribution in [1.29, 1.82) is 0 Å². The van der Waals surface area contributed by atoms with E-state index in [2.05, 4.69) is 9.97 Å². The van der Waals surface area contributed by atoms with Crippen LogP contribution in [0.25, 0.3) is 10.9 Å². The van der Waals surface area contributed by atoms with Crippen LogP contribution in [0.1, 0.15) is 5.69 Å². The molecule has 0 aliphatic carbocycles. The highest BCUT2D eigenvalue weighted by Gasteiger charge is 1.96. The van der Waals surface area contributed by atoms with Gasteiger partial charge in [0, 0.05) is 35.5 Å². The summed E-state index contributed by atoms with van der Waals surface area (Å²) in [7, 11) is 0. The van der Waals surface area contributed by atoms with Crippen LogP contribution in [-0.4, -0.2) is 9.97 Å². The first-order valence-corrected chi connectivity index (χ1v) is 3.52. The molecule has 0 aliphatic rings. The minimum Gasteiger partial charge on any atom is -0.357 e. The molecule has 0 amide bonds. The molecular weight excluding hydrogens is 209 g/mol. The molecule has 72 valence electrons. The number of nitrogens with one attached hydrogen (secondary N) is 1. The van der Waals surface area contributed by atoms with Crippen LogP contribution in [0, 0.1) is 0 Å². The average Bonchev–Trinajstić information content (AvgIpc) is 2.46. The third-order valence-electron chi connectivity index (χ3n) is 1.70. The number of nitrogens with two attached hydrogens (primary N) is 1. The molecule has 0 unspecified atom stereocenters. The summed E-state index contributed by atoms with van der Waals surface area (Å²) in [6.45, 7) is 0.550. The lowest BCUT2D eigenvalue weighted by Gasteiger charge is -1.85. The van der Waals surface area contributed by atoms with Gasteiger partial charge in [-0.3, -0.25) is 4.98 Å². The summed E-state index contributed by atoms with van der Waals surface area (Å²) in [5.41, 5.74) is 7.61. The highest BCUT2D eigenvalue weighted by Crippen LogP contribution is 2.12. The minimum atomic E-state index is 0. The third-order valence-corrected chi connectivity index (χ3v) is 1.70. The van der Waals surface area contributed by atoms with Crippen LogP contribution in [0.3, 0.4) is 0 Å². The summed E-state index contributed by atoms with van der Waals surface area (Å²) in [5, 5.41) is 1.12. The zero-order valence-electron chi connectivity index (χ0n) is 6.86. The van der Waals surface area contributed by atoms with Crippen molar-refractivity contribution in [3.63, 3.8) is 0 Å². The highest BCUT2D eigenvalue weighted by atomic mass is 35.5. The molecule has 13 heavy (non-hydrogen) atoms. The zero-order chi connectivity index (χ0) is 7.68. The molecule has 0 saturated heterocycles. The van der Waals surface area contributed by atoms with E-state index in [4.69, 9.17) is 5.73 Å². The first kappa shape index (κ1) is 12.2. The van der Waals surface area contributed by atoms with Gasteiger partial charge in [-0.2, -0.15) is 0 Å². The molecule has 2 rings (SSSR count). The van der Waals surface area contributed by atoms with Crippen LogP contribution in [0.15, 0.2) is 24.5 Å². The van der Waals surface area contributed by atoms with E-state index in [0.717, 1.165) is 16.6 Å². The van der Waals surface area contributed by atoms with Gasteiger partial charge in [-0.05, 0) is 12.1 Å². The number of hydrogen-bond donors (Lipinski definition) is 2. The lowest BCUT2D eigenvalue weighted by Crippen LogP contribution is -1.94. The van der Waals surface area contributed by atoms with Gasteiger partial charge in [0.2, 0.25) is 0 Å². The van der Waals surface area contributed by atoms with Crippen molar-refractivity contribution in [3.05, 3.63) is 30.2 Å². The molecule has 0 spiro atoms. The normalized spacial score (nSPS) is 9.00. The zero-order valence-corrected chi connectivity index (χ0v) is 8.49. The monoisotopic (exact) mass is 219 g/mol. The van der Waals surface area contributed by atoms with Crippen molar-refractivity contribution < 1.29 is 0 Å². The van der Waals surface area contributed by atoms with Crippen molar-refractivity contribution in [2.24, 2.45) is 5.73 Å². The summed E-state index contributed by atoms with van der Waals surface area (Å²) in [6, 6.07) is 3.96. The second-order valence-corrected chi connectivity index (χ2v) is 2.46. The van der Waals surface area contributed by atoms with E-state index in [9.17, 15) is 0 Å². The van der Waals surface area contributed by atoms with Gasteiger partial charge in [0.25, 0.3) is 0 Å². The molecular formula is C8H11Cl2N3. The fourth-order valence-corrected chi connectivity index (χ4v) is 1.14. The highest BCUT2D eigenvalue weighted by molar-refractivity contribution is 5.85. The lowest BCUT2D eigenvalue weighted by atomic mass is 10.3. The summed E-state index contributed by atoms with van der Waals surface area (Å²) in [6.07, 6.45) is 3.59. The van der Waals surface area contributed by atoms with E-state index in [0.29, 0.717) is 6.54 Å². The molecule has 0 atom stereocenters. The number of H-pyrrole nitrogens is 1. The van der Waals surface area contributed by atoms with E-state index >= 15 is 0 Å². The maximum Gasteiger partial charge on any atom is 0.0487 e. The molecule has 0 radical (unpaired) electrons. The van der Waals surface area contributed by atoms with E-state index in [1.165, 1.54) is 0 Å². The first-order valence-electron chi connectivity index (χ1n) is 3.52. The van der Waals surface area contributed by atoms with E-state index in [1.807, 2.05) is 18.3 Å². The predicted molar refractivity (Wildman–Crippen MR) is 58.5 cm³/mol. The molecule has 3 nitrogen and oxygen atoms in total. The van der Waals surface area contributed by atoms with Gasteiger partial charge in [0.1, 0.15) is 0 Å². The van der Waals surface area contributed by atoms with Gasteiger partial charge in [-0.25, -0.2) is 0 Å². The fourth-order valence-electron chi connectivity index (χ4n) is 1.14. The smallest absolute Gasteiger partial charge is 0.0487 e. The van der Waals surface area contributed by atoms with Gasteiger partial charge < -0.3 is 10.7 Å². The van der Waals surface area contributed by atoms with Gasteiger partial charge in [-0.1, -0.05) is 0 Å². The number of fused-ring (bicyclic) bond motifs is 1. The molecule has 3 N–H and O–H groups in total. The minimum absolute atomic E-state index is 0. The Hall–Kier alpha value is -0.770. The Morgan fingerprint density at radius 1 is 1.38 bits per heavy atom. The molecule has 0 aliphatic heterocycles. The van der Waals surface area contributed by atoms with Crippen molar-refractivity contribution in [3.8, 4) is 0 Å². The molecule has 0 bridgehead atoms. The Balaban J connectivity index is 0.000000720. The molecule has 5 heteroatoms. The van der Waals surface area contributed by atoms with Crippen LogP contribution < -0.4 is 5.73 Å². The molecule has 0 aromatic carbocycles. The Kier molecular flexibility index (Phi) is 4.77. The lowest BCUT2D eigenvalue weighted by molar-refractivity contribution is 1.02. The third kappa shape index (κ3) is 2.34. The summed E-state index contributed by atoms with van der Waals surface area (Å²) in [5.74, 6) is 0. The number of rotatable bonds is 1. The first-order chi connectivity index (χ1) is 5.40. The quantitative estimate of drug-likeness (QED) is 0.770. The summed E-state index contributed by atoms with van der Waals surface area (Å²) < 4.78 is 0. The topological polar surface area (TPSA) is 54.7 Å². The maximum absolute atomic E-state index is 5.46. The predicted octanol–water partition coefficient (Wildman–Crippen LogP) is 1.87. The Labute approximate surface area is 88.6 Å². The number of pyridine rings is 1. The van der Waals surface area contributed by atoms with Gasteiger partial charge in [-0.15, -0.1) is 24.8 Å². The summed E-state index contributed by atoms with van der Waals surface area (Å²) in [4.78, 5) is 7.18. The van der Waals surface area contributed by atoms with Crippen molar-refractivity contribution in [1.82, 2.24) is 9.97 Å². The Morgan fingerprint density at radius 3 is 2.77 bits per heavy atom. The molecule has 0 saturated carbocycles. The number of halogens is 2. The molecule has 2 aromatic heterocycles. The van der Waals surface area contributed by atoms with Crippen LogP contribution >= 0.6 is 24.8 Å². The van der Waals surface area contributed by atoms with Gasteiger partial charge in [0.05, 0.1) is 0 Å². The summed E-state index contributed by atoms with van der Waals surface area (Å²) >= 11 is 0. The van der Waals surface area contributed by atoms with E-state index in [1.54, 1.807) is 6.20 Å². The van der Waals surface area contributed by atoms with Gasteiger partial charge >= 0.3 is 0 Å².